The molecule has 0 radical (unpaired) electrons. The number of carbonyl (C=O) groups excluding carboxylic acids is 2. The van der Waals surface area contributed by atoms with Crippen LogP contribution in [0, 0.1) is 0 Å². The molecule has 1 aromatic heterocycles. The number of pyridine rings is 1. The molecule has 0 saturated carbocycles. The first-order chi connectivity index (χ1) is 14.2. The van der Waals surface area contributed by atoms with E-state index in [0.717, 1.165) is 41.7 Å². The smallest absolute Gasteiger partial charge is 0.344 e. The molecule has 6 heteroatoms. The van der Waals surface area contributed by atoms with E-state index in [0.29, 0.717) is 12.1 Å². The van der Waals surface area contributed by atoms with Gasteiger partial charge in [0.1, 0.15) is 0 Å². The minimum Gasteiger partial charge on any atom is -0.466 e. The molecule has 0 N–H and O–H groups in total. The summed E-state index contributed by atoms with van der Waals surface area (Å²) in [5, 5.41) is 0.739. The second-order valence-electron chi connectivity index (χ2n) is 7.03. The third-order valence-corrected chi connectivity index (χ3v) is 5.13. The molecule has 0 bridgehead atoms. The molecule has 1 aliphatic heterocycles. The number of para-hydroxylation sites is 1. The molecule has 0 unspecified atom stereocenters. The van der Waals surface area contributed by atoms with Crippen LogP contribution in [-0.4, -0.2) is 42.1 Å². The number of fused-ring (bicyclic) bond motifs is 2. The van der Waals surface area contributed by atoms with Crippen LogP contribution in [0.3, 0.4) is 0 Å². The van der Waals surface area contributed by atoms with Crippen LogP contribution in [0.15, 0.2) is 54.6 Å². The van der Waals surface area contributed by atoms with E-state index < -0.39 is 18.5 Å². The second kappa shape index (κ2) is 8.41. The Labute approximate surface area is 169 Å². The summed E-state index contributed by atoms with van der Waals surface area (Å²) in [6.07, 6.45) is 0.754. The Hall–Kier alpha value is -3.25. The van der Waals surface area contributed by atoms with Gasteiger partial charge in [-0.2, -0.15) is 0 Å². The van der Waals surface area contributed by atoms with E-state index in [2.05, 4.69) is 21.8 Å². The molecule has 6 nitrogen and oxygen atoms in total. The Bertz CT molecular complexity index is 1050. The van der Waals surface area contributed by atoms with Crippen molar-refractivity contribution in [1.29, 1.82) is 0 Å². The van der Waals surface area contributed by atoms with Crippen LogP contribution in [-0.2, 0) is 33.8 Å². The van der Waals surface area contributed by atoms with Gasteiger partial charge in [-0.15, -0.1) is 0 Å². The standard InChI is InChI=1S/C23H22N2O4/c1-28-21(26)15-29-23(27)22-17-9-5-6-10-19(17)24-20-11-12-25(14-18(20)22)13-16-7-3-2-4-8-16/h2-10H,11-15H2,1H3. The third-order valence-electron chi connectivity index (χ3n) is 5.13. The van der Waals surface area contributed by atoms with Gasteiger partial charge < -0.3 is 9.47 Å². The van der Waals surface area contributed by atoms with Gasteiger partial charge in [-0.3, -0.25) is 9.88 Å². The highest BCUT2D eigenvalue weighted by atomic mass is 16.6. The number of carbonyl (C=O) groups is 2. The first-order valence-corrected chi connectivity index (χ1v) is 9.56. The van der Waals surface area contributed by atoms with Gasteiger partial charge in [0, 0.05) is 42.7 Å². The fourth-order valence-electron chi connectivity index (χ4n) is 3.71. The summed E-state index contributed by atoms with van der Waals surface area (Å²) < 4.78 is 9.83. The van der Waals surface area contributed by atoms with Gasteiger partial charge in [-0.25, -0.2) is 9.59 Å². The van der Waals surface area contributed by atoms with Gasteiger partial charge in [0.15, 0.2) is 6.61 Å². The van der Waals surface area contributed by atoms with Crippen molar-refractivity contribution in [3.63, 3.8) is 0 Å². The summed E-state index contributed by atoms with van der Waals surface area (Å²) in [5.74, 6) is -1.11. The minimum atomic E-state index is -0.587. The van der Waals surface area contributed by atoms with Crippen LogP contribution >= 0.6 is 0 Å². The average molecular weight is 390 g/mol. The predicted octanol–water partition coefficient (Wildman–Crippen LogP) is 3.12. The molecule has 0 aliphatic carbocycles. The highest BCUT2D eigenvalue weighted by Gasteiger charge is 2.27. The van der Waals surface area contributed by atoms with Crippen LogP contribution < -0.4 is 0 Å². The molecule has 1 aliphatic rings. The van der Waals surface area contributed by atoms with Gasteiger partial charge in [-0.1, -0.05) is 48.5 Å². The lowest BCUT2D eigenvalue weighted by Gasteiger charge is -2.30. The van der Waals surface area contributed by atoms with Gasteiger partial charge in [0.05, 0.1) is 18.2 Å². The quantitative estimate of drug-likeness (QED) is 0.624. The molecule has 0 amide bonds. The lowest BCUT2D eigenvalue weighted by Crippen LogP contribution is -2.32. The maximum absolute atomic E-state index is 12.9. The maximum atomic E-state index is 12.9. The molecule has 0 atom stereocenters. The molecular formula is C23H22N2O4. The number of hydrogen-bond donors (Lipinski definition) is 0. The van der Waals surface area contributed by atoms with E-state index in [9.17, 15) is 9.59 Å². The fraction of sp³-hybridized carbons (Fsp3) is 0.261. The largest absolute Gasteiger partial charge is 0.466 e. The van der Waals surface area contributed by atoms with E-state index in [1.54, 1.807) is 0 Å². The molecule has 0 saturated heterocycles. The topological polar surface area (TPSA) is 68.7 Å². The van der Waals surface area contributed by atoms with Crippen molar-refractivity contribution >= 4 is 22.8 Å². The van der Waals surface area contributed by atoms with Crippen molar-refractivity contribution in [2.45, 2.75) is 19.5 Å². The first kappa shape index (κ1) is 19.1. The SMILES string of the molecule is COC(=O)COC(=O)c1c2c(nc3ccccc13)CCN(Cc1ccccc1)C2. The second-order valence-corrected chi connectivity index (χ2v) is 7.03. The molecule has 29 heavy (non-hydrogen) atoms. The van der Waals surface area contributed by atoms with E-state index in [-0.39, 0.29) is 0 Å². The number of methoxy groups -OCH3 is 1. The van der Waals surface area contributed by atoms with Crippen molar-refractivity contribution in [1.82, 2.24) is 9.88 Å². The Morgan fingerprint density at radius 1 is 1.07 bits per heavy atom. The molecule has 148 valence electrons. The van der Waals surface area contributed by atoms with E-state index in [1.165, 1.54) is 12.7 Å². The summed E-state index contributed by atoms with van der Waals surface area (Å²) >= 11 is 0. The lowest BCUT2D eigenvalue weighted by molar-refractivity contribution is -0.144. The number of rotatable bonds is 5. The fourth-order valence-corrected chi connectivity index (χ4v) is 3.71. The molecule has 3 aromatic rings. The number of hydrogen-bond acceptors (Lipinski definition) is 6. The molecule has 0 fully saturated rings. The zero-order valence-electron chi connectivity index (χ0n) is 16.3. The zero-order valence-corrected chi connectivity index (χ0v) is 16.3. The number of esters is 2. The molecular weight excluding hydrogens is 368 g/mol. The monoisotopic (exact) mass is 390 g/mol. The lowest BCUT2D eigenvalue weighted by atomic mass is 9.95. The predicted molar refractivity (Wildman–Crippen MR) is 108 cm³/mol. The summed E-state index contributed by atoms with van der Waals surface area (Å²) in [5.41, 5.74) is 4.26. The van der Waals surface area contributed by atoms with Crippen LogP contribution in [0.1, 0.15) is 27.2 Å². The van der Waals surface area contributed by atoms with Crippen LogP contribution in [0.4, 0.5) is 0 Å². The van der Waals surface area contributed by atoms with Gasteiger partial charge in [0.25, 0.3) is 0 Å². The number of ether oxygens (including phenoxy) is 2. The van der Waals surface area contributed by atoms with Crippen LogP contribution in [0.25, 0.3) is 10.9 Å². The van der Waals surface area contributed by atoms with Crippen molar-refractivity contribution in [2.75, 3.05) is 20.3 Å². The number of aromatic nitrogens is 1. The summed E-state index contributed by atoms with van der Waals surface area (Å²) in [7, 11) is 1.27. The third kappa shape index (κ3) is 4.12. The average Bonchev–Trinajstić information content (AvgIpc) is 2.76. The molecule has 0 spiro atoms. The highest BCUT2D eigenvalue weighted by molar-refractivity contribution is 6.05. The number of benzene rings is 2. The maximum Gasteiger partial charge on any atom is 0.344 e. The van der Waals surface area contributed by atoms with E-state index >= 15 is 0 Å². The Kier molecular flexibility index (Phi) is 5.53. The van der Waals surface area contributed by atoms with Crippen molar-refractivity contribution in [2.24, 2.45) is 0 Å². The summed E-state index contributed by atoms with van der Waals surface area (Å²) in [6, 6.07) is 17.8. The van der Waals surface area contributed by atoms with Gasteiger partial charge in [0.2, 0.25) is 0 Å². The van der Waals surface area contributed by atoms with Gasteiger partial charge in [-0.05, 0) is 11.6 Å². The summed E-state index contributed by atoms with van der Waals surface area (Å²) in [4.78, 5) is 31.5. The molecule has 2 aromatic carbocycles. The highest BCUT2D eigenvalue weighted by Crippen LogP contribution is 2.29. The van der Waals surface area contributed by atoms with Crippen molar-refractivity contribution < 1.29 is 19.1 Å². The summed E-state index contributed by atoms with van der Waals surface area (Å²) in [6.45, 7) is 1.85. The normalized spacial score (nSPS) is 13.7. The Morgan fingerprint density at radius 2 is 1.83 bits per heavy atom. The Morgan fingerprint density at radius 3 is 2.62 bits per heavy atom. The minimum absolute atomic E-state index is 0.408. The Balaban J connectivity index is 1.69. The van der Waals surface area contributed by atoms with Crippen molar-refractivity contribution in [3.8, 4) is 0 Å². The molecule has 2 heterocycles. The zero-order chi connectivity index (χ0) is 20.2. The van der Waals surface area contributed by atoms with Crippen molar-refractivity contribution in [3.05, 3.63) is 77.0 Å². The number of nitrogens with zero attached hydrogens (tertiary/aromatic N) is 2. The van der Waals surface area contributed by atoms with Gasteiger partial charge >= 0.3 is 11.9 Å². The molecule has 4 rings (SSSR count). The van der Waals surface area contributed by atoms with E-state index in [4.69, 9.17) is 9.72 Å². The van der Waals surface area contributed by atoms with E-state index in [1.807, 2.05) is 42.5 Å². The van der Waals surface area contributed by atoms with Crippen LogP contribution in [0.5, 0.6) is 0 Å². The van der Waals surface area contributed by atoms with Crippen LogP contribution in [0.2, 0.25) is 0 Å². The first-order valence-electron chi connectivity index (χ1n) is 9.56.